The number of ether oxygens (including phenoxy) is 2. The van der Waals surface area contributed by atoms with Crippen molar-refractivity contribution in [2.24, 2.45) is 5.41 Å². The highest BCUT2D eigenvalue weighted by atomic mass is 32.2. The quantitative estimate of drug-likeness (QED) is 0.0821. The monoisotopic (exact) mass is 850 g/mol. The average Bonchev–Trinajstić information content (AvgIpc) is 3.57. The van der Waals surface area contributed by atoms with Gasteiger partial charge < -0.3 is 39.3 Å². The number of phosphoric ester groups is 2. The zero-order valence-electron chi connectivity index (χ0n) is 31.5. The molecule has 54 heavy (non-hydrogen) atoms. The topological polar surface area (TPSA) is 296 Å². The molecule has 1 fully saturated rings. The van der Waals surface area contributed by atoms with Crippen LogP contribution < -0.4 is 0 Å². The van der Waals surface area contributed by atoms with Crippen molar-refractivity contribution in [3.8, 4) is 0 Å². The molecule has 20 nitrogen and oxygen atoms in total. The zero-order valence-corrected chi connectivity index (χ0v) is 35.0. The number of aliphatic hydroxyl groups is 2. The van der Waals surface area contributed by atoms with Gasteiger partial charge in [-0.2, -0.15) is 11.8 Å². The van der Waals surface area contributed by atoms with Crippen molar-refractivity contribution in [1.82, 2.24) is 19.5 Å². The van der Waals surface area contributed by atoms with E-state index in [0.29, 0.717) is 43.7 Å². The summed E-state index contributed by atoms with van der Waals surface area (Å²) in [7, 11) is -13.0. The Labute approximate surface area is 318 Å². The van der Waals surface area contributed by atoms with Gasteiger partial charge in [0.1, 0.15) is 42.0 Å². The third-order valence-electron chi connectivity index (χ3n) is 7.62. The highest BCUT2D eigenvalue weighted by Crippen LogP contribution is 2.58. The van der Waals surface area contributed by atoms with Crippen LogP contribution in [0.5, 0.6) is 0 Å². The number of fused-ring (bicyclic) bond motifs is 1. The predicted octanol–water partition coefficient (Wildman–Crippen LogP) is 3.46. The normalized spacial score (nSPS) is 22.3. The van der Waals surface area contributed by atoms with Gasteiger partial charge >= 0.3 is 23.2 Å². The Hall–Kier alpha value is -1.51. The smallest absolute Gasteiger partial charge is 0.386 e. The summed E-state index contributed by atoms with van der Waals surface area (Å²) in [5, 5.41) is 20.7. The molecule has 24 heteroatoms. The second kappa shape index (κ2) is 20.3. The average molecular weight is 851 g/mol. The molecule has 310 valence electrons. The zero-order chi connectivity index (χ0) is 41.3. The number of nitrogens with zero attached hydrogens (tertiary/aromatic N) is 4. The van der Waals surface area contributed by atoms with E-state index in [4.69, 9.17) is 24.2 Å². The van der Waals surface area contributed by atoms with E-state index in [-0.39, 0.29) is 28.4 Å². The molecule has 2 aromatic rings. The van der Waals surface area contributed by atoms with Crippen molar-refractivity contribution < 1.29 is 75.9 Å². The molecule has 1 aliphatic rings. The van der Waals surface area contributed by atoms with Crippen molar-refractivity contribution in [1.29, 1.82) is 0 Å². The number of Topliss-reactive ketones (excluding diaryl/α,β-unsaturated/α-hetero) is 2. The summed E-state index contributed by atoms with van der Waals surface area (Å²) in [6, 6.07) is 0. The lowest BCUT2D eigenvalue weighted by atomic mass is 9.84. The number of ketones is 2. The van der Waals surface area contributed by atoms with Crippen LogP contribution in [0.2, 0.25) is 0 Å². The van der Waals surface area contributed by atoms with Gasteiger partial charge in [0.15, 0.2) is 17.7 Å². The number of hydrogen-bond acceptors (Lipinski definition) is 16. The molecule has 0 aliphatic carbocycles. The van der Waals surface area contributed by atoms with E-state index in [9.17, 15) is 38.4 Å². The molecule has 1 saturated heterocycles. The summed E-state index contributed by atoms with van der Waals surface area (Å²) < 4.78 is 59.7. The molecule has 0 spiro atoms. The van der Waals surface area contributed by atoms with Crippen LogP contribution in [0, 0.1) is 12.3 Å². The minimum absolute atomic E-state index is 0.205. The van der Waals surface area contributed by atoms with Gasteiger partial charge in [-0.3, -0.25) is 27.8 Å². The second-order valence-electron chi connectivity index (χ2n) is 14.3. The number of phosphoric acid groups is 2. The number of aliphatic hydroxyl groups excluding tert-OH is 2. The van der Waals surface area contributed by atoms with Crippen molar-refractivity contribution in [3.63, 3.8) is 0 Å². The lowest BCUT2D eigenvalue weighted by Gasteiger charge is -2.28. The van der Waals surface area contributed by atoms with E-state index < -0.39 is 65.9 Å². The highest BCUT2D eigenvalue weighted by Gasteiger charge is 2.50. The number of aryl methyl sites for hydroxylation is 1. The number of carbonyl (C=O) groups is 2. The molecule has 0 saturated carbocycles. The third kappa shape index (κ3) is 16.5. The lowest BCUT2D eigenvalue weighted by molar-refractivity contribution is -0.135. The van der Waals surface area contributed by atoms with E-state index in [2.05, 4.69) is 49.1 Å². The molecular formula is C30H53N4O16P3S. The van der Waals surface area contributed by atoms with Gasteiger partial charge in [-0.05, 0) is 25.5 Å². The summed E-state index contributed by atoms with van der Waals surface area (Å²) in [6.45, 7) is 11.9. The Bertz CT molecular complexity index is 1690. The number of thioether (sulfide) groups is 1. The first-order valence-corrected chi connectivity index (χ1v) is 22.8. The summed E-state index contributed by atoms with van der Waals surface area (Å²) in [4.78, 5) is 72.9. The summed E-state index contributed by atoms with van der Waals surface area (Å²) in [5.41, 5.74) is 0.530. The SMILES string of the molecule is COCC(C)(C)C(O)C(=O)CCCC(=O)CCCSC(C)(C)C.Cc1ncnc2c1ncn2C1OC(COP(=O)(O)OP(C)(=O)O)C(OP(=O)(O)O)C1O. The van der Waals surface area contributed by atoms with Crippen molar-refractivity contribution in [2.75, 3.05) is 32.7 Å². The van der Waals surface area contributed by atoms with E-state index in [0.717, 1.165) is 12.2 Å². The van der Waals surface area contributed by atoms with Crippen LogP contribution in [0.1, 0.15) is 78.6 Å². The first-order valence-electron chi connectivity index (χ1n) is 16.7. The van der Waals surface area contributed by atoms with Gasteiger partial charge in [0.2, 0.25) is 0 Å². The molecule has 1 aliphatic heterocycles. The molecule has 0 amide bonds. The molecule has 3 heterocycles. The summed E-state index contributed by atoms with van der Waals surface area (Å²) in [5.74, 6) is 0.985. The molecule has 7 atom stereocenters. The van der Waals surface area contributed by atoms with E-state index >= 15 is 0 Å². The Morgan fingerprint density at radius 1 is 1.02 bits per heavy atom. The van der Waals surface area contributed by atoms with Crippen molar-refractivity contribution in [2.45, 2.75) is 109 Å². The maximum Gasteiger partial charge on any atom is 0.479 e. The second-order valence-corrected chi connectivity index (χ2v) is 20.9. The standard InChI is InChI=1S/C18H34O4S.C12H19N4O12P3/c1-17(2,3)23-12-8-10-14(19)9-7-11-15(20)16(21)18(4,5)13-22-6;1-6-8-11(14-4-13-6)16(5-15-8)12-9(17)10(27-30(20,21)22)7(26-12)3-25-31(23,24)28-29(2,18)19/h16,21H,7-13H2,1-6H3;4-5,7,9-10,12,17H,3H2,1-2H3,(H,18,19)(H,23,24)(H2,20,21,22). The summed E-state index contributed by atoms with van der Waals surface area (Å²) >= 11 is 1.86. The van der Waals surface area contributed by atoms with E-state index in [1.165, 1.54) is 17.2 Å². The molecule has 7 unspecified atom stereocenters. The number of imidazole rings is 1. The number of aromatic nitrogens is 4. The van der Waals surface area contributed by atoms with Crippen LogP contribution in [0.15, 0.2) is 12.7 Å². The first kappa shape index (κ1) is 48.6. The van der Waals surface area contributed by atoms with Gasteiger partial charge in [-0.15, -0.1) is 0 Å². The van der Waals surface area contributed by atoms with Crippen molar-refractivity contribution in [3.05, 3.63) is 18.3 Å². The van der Waals surface area contributed by atoms with Gasteiger partial charge in [-0.25, -0.2) is 28.4 Å². The van der Waals surface area contributed by atoms with Crippen LogP contribution in [0.25, 0.3) is 11.2 Å². The predicted molar refractivity (Wildman–Crippen MR) is 196 cm³/mol. The van der Waals surface area contributed by atoms with Crippen LogP contribution in [0.4, 0.5) is 0 Å². The van der Waals surface area contributed by atoms with Gasteiger partial charge in [0, 0.05) is 43.2 Å². The van der Waals surface area contributed by atoms with Gasteiger partial charge in [0.25, 0.3) is 0 Å². The van der Waals surface area contributed by atoms with Gasteiger partial charge in [0.05, 0.1) is 25.2 Å². The molecule has 0 radical (unpaired) electrons. The maximum absolute atomic E-state index is 12.0. The van der Waals surface area contributed by atoms with Crippen LogP contribution in [-0.4, -0.2) is 123 Å². The number of hydrogen-bond donors (Lipinski definition) is 6. The number of carbonyl (C=O) groups excluding carboxylic acids is 2. The Morgan fingerprint density at radius 3 is 2.22 bits per heavy atom. The molecule has 0 bridgehead atoms. The highest BCUT2D eigenvalue weighted by molar-refractivity contribution is 8.00. The molecule has 6 N–H and O–H groups in total. The fourth-order valence-corrected chi connectivity index (χ4v) is 8.70. The molecule has 2 aromatic heterocycles. The Morgan fingerprint density at radius 2 is 1.65 bits per heavy atom. The Kier molecular flexibility index (Phi) is 18.2. The number of methoxy groups -OCH3 is 1. The fraction of sp³-hybridized carbons (Fsp3) is 0.767. The lowest BCUT2D eigenvalue weighted by Crippen LogP contribution is -2.39. The third-order valence-corrected chi connectivity index (χ3v) is 12.0. The van der Waals surface area contributed by atoms with Gasteiger partial charge in [-0.1, -0.05) is 34.6 Å². The minimum atomic E-state index is -5.14. The van der Waals surface area contributed by atoms with E-state index in [1.807, 2.05) is 11.8 Å². The number of rotatable bonds is 20. The molecule has 3 rings (SSSR count). The summed E-state index contributed by atoms with van der Waals surface area (Å²) in [6.07, 6.45) is -2.18. The first-order chi connectivity index (χ1) is 24.7. The van der Waals surface area contributed by atoms with Crippen LogP contribution in [0.3, 0.4) is 0 Å². The van der Waals surface area contributed by atoms with E-state index in [1.54, 1.807) is 27.9 Å². The largest absolute Gasteiger partial charge is 0.479 e. The molecule has 0 aromatic carbocycles. The van der Waals surface area contributed by atoms with Crippen LogP contribution >= 0.6 is 35.0 Å². The fourth-order valence-electron chi connectivity index (χ4n) is 5.17. The van der Waals surface area contributed by atoms with Crippen molar-refractivity contribution >= 4 is 57.7 Å². The minimum Gasteiger partial charge on any atom is -0.386 e. The van der Waals surface area contributed by atoms with Crippen LogP contribution in [-0.2, 0) is 46.1 Å². The molecular weight excluding hydrogens is 797 g/mol. The maximum atomic E-state index is 12.0. The Balaban J connectivity index is 0.000000393.